The molecule has 0 aromatic heterocycles. The summed E-state index contributed by atoms with van der Waals surface area (Å²) in [5.74, 6) is 0. The average Bonchev–Trinajstić information content (AvgIpc) is 2.27. The van der Waals surface area contributed by atoms with Gasteiger partial charge in [-0.05, 0) is 47.2 Å². The van der Waals surface area contributed by atoms with Crippen molar-refractivity contribution < 1.29 is 5.11 Å². The molecular weight excluding hydrogens is 313 g/mol. The molecule has 1 rings (SSSR count). The number of halogens is 1. The Morgan fingerprint density at radius 1 is 1.31 bits per heavy atom. The van der Waals surface area contributed by atoms with Gasteiger partial charge in [0.1, 0.15) is 0 Å². The summed E-state index contributed by atoms with van der Waals surface area (Å²) >= 11 is 2.31. The summed E-state index contributed by atoms with van der Waals surface area (Å²) in [7, 11) is 0. The second-order valence-electron chi connectivity index (χ2n) is 4.98. The smallest absolute Gasteiger partial charge is 0.0494 e. The molecule has 0 aliphatic carbocycles. The lowest BCUT2D eigenvalue weighted by molar-refractivity contribution is 0.154. The van der Waals surface area contributed by atoms with E-state index in [9.17, 15) is 5.11 Å². The van der Waals surface area contributed by atoms with Gasteiger partial charge >= 0.3 is 0 Å². The number of hydrogen-bond acceptors (Lipinski definition) is 2. The Balaban J connectivity index is 2.53. The lowest BCUT2D eigenvalue weighted by atomic mass is 9.94. The van der Waals surface area contributed by atoms with Crippen molar-refractivity contribution in [3.8, 4) is 0 Å². The van der Waals surface area contributed by atoms with Crippen molar-refractivity contribution in [2.75, 3.05) is 13.2 Å². The van der Waals surface area contributed by atoms with Crippen molar-refractivity contribution in [2.45, 2.75) is 26.8 Å². The molecule has 0 aliphatic heterocycles. The van der Waals surface area contributed by atoms with Crippen LogP contribution in [-0.4, -0.2) is 18.3 Å². The number of aliphatic hydroxyl groups excluding tert-OH is 1. The molecular formula is C13H20INO. The Bertz CT molecular complexity index is 321. The zero-order chi connectivity index (χ0) is 12.2. The molecule has 0 saturated carbocycles. The zero-order valence-corrected chi connectivity index (χ0v) is 12.3. The molecule has 0 saturated heterocycles. The Morgan fingerprint density at radius 2 is 1.88 bits per heavy atom. The quantitative estimate of drug-likeness (QED) is 0.812. The van der Waals surface area contributed by atoms with Crippen molar-refractivity contribution >= 4 is 22.6 Å². The summed E-state index contributed by atoms with van der Waals surface area (Å²) in [6.45, 7) is 7.28. The highest BCUT2D eigenvalue weighted by atomic mass is 127. The maximum Gasteiger partial charge on any atom is 0.0494 e. The predicted octanol–water partition coefficient (Wildman–Crippen LogP) is 2.96. The number of aliphatic hydroxyl groups is 1. The van der Waals surface area contributed by atoms with Gasteiger partial charge in [-0.1, -0.05) is 26.0 Å². The maximum absolute atomic E-state index is 9.17. The fourth-order valence-corrected chi connectivity index (χ4v) is 1.71. The number of benzene rings is 1. The van der Waals surface area contributed by atoms with Crippen molar-refractivity contribution in [2.24, 2.45) is 5.41 Å². The summed E-state index contributed by atoms with van der Waals surface area (Å²) in [6, 6.07) is 8.84. The SMILES string of the molecule is CC(NCC(C)(C)CO)c1ccc(I)cc1. The summed E-state index contributed by atoms with van der Waals surface area (Å²) in [4.78, 5) is 0. The summed E-state index contributed by atoms with van der Waals surface area (Å²) in [6.07, 6.45) is 0. The molecule has 1 atom stereocenters. The summed E-state index contributed by atoms with van der Waals surface area (Å²) < 4.78 is 1.25. The van der Waals surface area contributed by atoms with Crippen LogP contribution in [0, 0.1) is 8.99 Å². The van der Waals surface area contributed by atoms with E-state index in [2.05, 4.69) is 72.9 Å². The first-order valence-corrected chi connectivity index (χ1v) is 6.62. The van der Waals surface area contributed by atoms with E-state index in [-0.39, 0.29) is 12.0 Å². The van der Waals surface area contributed by atoms with Crippen LogP contribution in [0.4, 0.5) is 0 Å². The average molecular weight is 333 g/mol. The van der Waals surface area contributed by atoms with E-state index >= 15 is 0 Å². The predicted molar refractivity (Wildman–Crippen MR) is 76.4 cm³/mol. The van der Waals surface area contributed by atoms with Gasteiger partial charge in [-0.25, -0.2) is 0 Å². The molecule has 0 bridgehead atoms. The molecule has 0 spiro atoms. The van der Waals surface area contributed by atoms with E-state index in [4.69, 9.17) is 0 Å². The largest absolute Gasteiger partial charge is 0.396 e. The molecule has 1 aromatic carbocycles. The molecule has 0 aliphatic rings. The number of nitrogens with one attached hydrogen (secondary N) is 1. The lowest BCUT2D eigenvalue weighted by Crippen LogP contribution is -2.33. The van der Waals surface area contributed by atoms with Crippen molar-refractivity contribution in [3.63, 3.8) is 0 Å². The van der Waals surface area contributed by atoms with Gasteiger partial charge in [-0.2, -0.15) is 0 Å². The minimum Gasteiger partial charge on any atom is -0.396 e. The van der Waals surface area contributed by atoms with Crippen molar-refractivity contribution in [1.82, 2.24) is 5.32 Å². The fourth-order valence-electron chi connectivity index (χ4n) is 1.35. The maximum atomic E-state index is 9.17. The Hall–Kier alpha value is -0.130. The first-order valence-electron chi connectivity index (χ1n) is 5.54. The standard InChI is InChI=1S/C13H20INO/c1-10(15-8-13(2,3)9-16)11-4-6-12(14)7-5-11/h4-7,10,15-16H,8-9H2,1-3H3. The van der Waals surface area contributed by atoms with Gasteiger partial charge in [-0.15, -0.1) is 0 Å². The van der Waals surface area contributed by atoms with Gasteiger partial charge in [0.15, 0.2) is 0 Å². The lowest BCUT2D eigenvalue weighted by Gasteiger charge is -2.25. The van der Waals surface area contributed by atoms with Crippen LogP contribution in [0.5, 0.6) is 0 Å². The minimum atomic E-state index is -0.0581. The van der Waals surface area contributed by atoms with Crippen molar-refractivity contribution in [3.05, 3.63) is 33.4 Å². The molecule has 0 amide bonds. The zero-order valence-electron chi connectivity index (χ0n) is 10.1. The normalized spacial score (nSPS) is 13.8. The molecule has 0 heterocycles. The first kappa shape index (κ1) is 13.9. The molecule has 2 N–H and O–H groups in total. The third kappa shape index (κ3) is 4.39. The van der Waals surface area contributed by atoms with Gasteiger partial charge < -0.3 is 10.4 Å². The minimum absolute atomic E-state index is 0.0581. The highest BCUT2D eigenvalue weighted by Crippen LogP contribution is 2.17. The second kappa shape index (κ2) is 5.98. The number of hydrogen-bond donors (Lipinski definition) is 2. The van der Waals surface area contributed by atoms with E-state index in [1.807, 2.05) is 0 Å². The van der Waals surface area contributed by atoms with Crippen LogP contribution in [0.2, 0.25) is 0 Å². The van der Waals surface area contributed by atoms with E-state index in [0.717, 1.165) is 6.54 Å². The van der Waals surface area contributed by atoms with E-state index in [1.165, 1.54) is 9.13 Å². The highest BCUT2D eigenvalue weighted by molar-refractivity contribution is 14.1. The Morgan fingerprint density at radius 3 is 2.38 bits per heavy atom. The van der Waals surface area contributed by atoms with Crippen LogP contribution >= 0.6 is 22.6 Å². The van der Waals surface area contributed by atoms with Crippen LogP contribution in [0.15, 0.2) is 24.3 Å². The van der Waals surface area contributed by atoms with Gasteiger partial charge in [0.05, 0.1) is 0 Å². The van der Waals surface area contributed by atoms with Crippen LogP contribution in [0.25, 0.3) is 0 Å². The molecule has 90 valence electrons. The molecule has 0 fully saturated rings. The molecule has 1 aromatic rings. The highest BCUT2D eigenvalue weighted by Gasteiger charge is 2.17. The molecule has 16 heavy (non-hydrogen) atoms. The topological polar surface area (TPSA) is 32.3 Å². The summed E-state index contributed by atoms with van der Waals surface area (Å²) in [5, 5.41) is 12.6. The Kier molecular flexibility index (Phi) is 5.21. The Labute approximate surface area is 112 Å². The van der Waals surface area contributed by atoms with Crippen LogP contribution in [0.1, 0.15) is 32.4 Å². The van der Waals surface area contributed by atoms with E-state index in [1.54, 1.807) is 0 Å². The van der Waals surface area contributed by atoms with Gasteiger partial charge in [0, 0.05) is 28.2 Å². The van der Waals surface area contributed by atoms with Crippen LogP contribution in [-0.2, 0) is 0 Å². The summed E-state index contributed by atoms with van der Waals surface area (Å²) in [5.41, 5.74) is 1.23. The van der Waals surface area contributed by atoms with Gasteiger partial charge in [0.2, 0.25) is 0 Å². The van der Waals surface area contributed by atoms with Gasteiger partial charge in [0.25, 0.3) is 0 Å². The fraction of sp³-hybridized carbons (Fsp3) is 0.538. The third-order valence-electron chi connectivity index (χ3n) is 2.68. The first-order chi connectivity index (χ1) is 7.44. The second-order valence-corrected chi connectivity index (χ2v) is 6.22. The monoisotopic (exact) mass is 333 g/mol. The van der Waals surface area contributed by atoms with Gasteiger partial charge in [-0.3, -0.25) is 0 Å². The molecule has 1 unspecified atom stereocenters. The van der Waals surface area contributed by atoms with Crippen molar-refractivity contribution in [1.29, 1.82) is 0 Å². The molecule has 0 radical (unpaired) electrons. The molecule has 3 heteroatoms. The molecule has 2 nitrogen and oxygen atoms in total. The van der Waals surface area contributed by atoms with Crippen LogP contribution in [0.3, 0.4) is 0 Å². The number of rotatable bonds is 5. The third-order valence-corrected chi connectivity index (χ3v) is 3.40. The van der Waals surface area contributed by atoms with E-state index in [0.29, 0.717) is 6.04 Å². The van der Waals surface area contributed by atoms with Crippen LogP contribution < -0.4 is 5.32 Å². The van der Waals surface area contributed by atoms with E-state index < -0.39 is 0 Å².